The van der Waals surface area contributed by atoms with Crippen molar-refractivity contribution in [2.75, 3.05) is 0 Å². The first-order chi connectivity index (χ1) is 11.2. The number of hydrazine groups is 1. The molecule has 0 aromatic heterocycles. The van der Waals surface area contributed by atoms with E-state index in [0.717, 1.165) is 10.5 Å². The van der Waals surface area contributed by atoms with E-state index in [9.17, 15) is 4.79 Å². The molecule has 1 atom stereocenters. The molecule has 23 heavy (non-hydrogen) atoms. The Balaban J connectivity index is 1.67. The first kappa shape index (κ1) is 17.2. The summed E-state index contributed by atoms with van der Waals surface area (Å²) in [4.78, 5) is 13.5. The number of hydrogen-bond donors (Lipinski definition) is 4. The van der Waals surface area contributed by atoms with E-state index in [2.05, 4.69) is 24.5 Å². The monoisotopic (exact) mass is 385 g/mol. The Morgan fingerprint density at radius 3 is 3.09 bits per heavy atom. The Morgan fingerprint density at radius 1 is 1.30 bits per heavy atom. The maximum absolute atomic E-state index is 12.4. The van der Waals surface area contributed by atoms with Crippen molar-refractivity contribution in [3.63, 3.8) is 0 Å². The molecule has 0 spiro atoms. The number of nitrogens with one attached hydrogen (secondary N) is 4. The Kier molecular flexibility index (Phi) is 6.36. The molecule has 0 bridgehead atoms. The van der Waals surface area contributed by atoms with Crippen molar-refractivity contribution >= 4 is 54.3 Å². The number of carbonyl (C=O) groups excluding carboxylic acids is 1. The second kappa shape index (κ2) is 8.49. The van der Waals surface area contributed by atoms with Gasteiger partial charge in [-0.15, -0.1) is 0 Å². The van der Waals surface area contributed by atoms with Gasteiger partial charge in [0, 0.05) is 34.7 Å². The zero-order valence-electron chi connectivity index (χ0n) is 12.1. The molecule has 1 aromatic rings. The van der Waals surface area contributed by atoms with Crippen LogP contribution in [0.15, 0.2) is 47.4 Å². The lowest BCUT2D eigenvalue weighted by Gasteiger charge is -2.24. The number of benzene rings is 1. The highest BCUT2D eigenvalue weighted by molar-refractivity contribution is 8.21. The summed E-state index contributed by atoms with van der Waals surface area (Å²) < 4.78 is 11.1. The van der Waals surface area contributed by atoms with E-state index >= 15 is 0 Å². The molecule has 122 valence electrons. The quantitative estimate of drug-likeness (QED) is 0.575. The van der Waals surface area contributed by atoms with Crippen LogP contribution in [0.3, 0.4) is 0 Å². The SMILES string of the molecule is Cc1cccc(C(=O)NN2SNSNSNC3C=CC=C3S2)c1. The summed E-state index contributed by atoms with van der Waals surface area (Å²) in [5.41, 5.74) is 4.60. The van der Waals surface area contributed by atoms with Crippen LogP contribution in [0.5, 0.6) is 0 Å². The van der Waals surface area contributed by atoms with Crippen LogP contribution < -0.4 is 18.4 Å². The molecule has 2 aliphatic rings. The van der Waals surface area contributed by atoms with Gasteiger partial charge >= 0.3 is 0 Å². The van der Waals surface area contributed by atoms with Crippen molar-refractivity contribution < 1.29 is 4.79 Å². The van der Waals surface area contributed by atoms with Crippen molar-refractivity contribution in [1.29, 1.82) is 0 Å². The van der Waals surface area contributed by atoms with Crippen LogP contribution in [0.4, 0.5) is 0 Å². The zero-order valence-corrected chi connectivity index (χ0v) is 15.4. The molecule has 0 radical (unpaired) electrons. The van der Waals surface area contributed by atoms with Gasteiger partial charge in [-0.3, -0.25) is 10.2 Å². The van der Waals surface area contributed by atoms with Gasteiger partial charge in [-0.05, 0) is 37.1 Å². The zero-order chi connectivity index (χ0) is 16.1. The molecule has 1 saturated heterocycles. The first-order valence-electron chi connectivity index (χ1n) is 6.71. The number of nitrogens with zero attached hydrogens (tertiary/aromatic N) is 1. The molecular weight excluding hydrogens is 370 g/mol. The van der Waals surface area contributed by atoms with E-state index in [1.54, 1.807) is 9.89 Å². The maximum Gasteiger partial charge on any atom is 0.267 e. The molecule has 1 heterocycles. The Hall–Kier alpha value is -0.590. The minimum absolute atomic E-state index is 0.121. The van der Waals surface area contributed by atoms with Crippen molar-refractivity contribution in [3.8, 4) is 0 Å². The molecule has 1 aromatic carbocycles. The lowest BCUT2D eigenvalue weighted by atomic mass is 10.1. The van der Waals surface area contributed by atoms with Crippen molar-refractivity contribution in [3.05, 3.63) is 58.5 Å². The Bertz CT molecular complexity index is 639. The third-order valence-electron chi connectivity index (χ3n) is 2.96. The lowest BCUT2D eigenvalue weighted by molar-refractivity contribution is 0.0923. The second-order valence-corrected chi connectivity index (χ2v) is 8.45. The fourth-order valence-corrected chi connectivity index (χ4v) is 5.06. The number of rotatable bonds is 2. The third-order valence-corrected chi connectivity index (χ3v) is 6.20. The van der Waals surface area contributed by atoms with E-state index < -0.39 is 0 Å². The summed E-state index contributed by atoms with van der Waals surface area (Å²) in [5.74, 6) is -0.143. The van der Waals surface area contributed by atoms with E-state index in [1.165, 1.54) is 48.3 Å². The van der Waals surface area contributed by atoms with Gasteiger partial charge in [0.25, 0.3) is 5.91 Å². The fourth-order valence-electron chi connectivity index (χ4n) is 1.92. The average Bonchev–Trinajstić information content (AvgIpc) is 2.98. The van der Waals surface area contributed by atoms with Crippen molar-refractivity contribution in [2.45, 2.75) is 13.0 Å². The van der Waals surface area contributed by atoms with Crippen LogP contribution >= 0.6 is 48.3 Å². The number of hydrogen-bond acceptors (Lipinski definition) is 9. The van der Waals surface area contributed by atoms with E-state index in [4.69, 9.17) is 0 Å². The lowest BCUT2D eigenvalue weighted by Crippen LogP contribution is -2.36. The first-order valence-corrected chi connectivity index (χ1v) is 9.88. The van der Waals surface area contributed by atoms with Crippen LogP contribution in [-0.2, 0) is 0 Å². The summed E-state index contributed by atoms with van der Waals surface area (Å²) in [5, 5.41) is 0. The molecule has 3 rings (SSSR count). The van der Waals surface area contributed by atoms with Gasteiger partial charge in [0.05, 0.1) is 18.2 Å². The summed E-state index contributed by atoms with van der Waals surface area (Å²) in [6.45, 7) is 1.97. The summed E-state index contributed by atoms with van der Waals surface area (Å²) in [6, 6.07) is 7.64. The molecule has 1 aliphatic heterocycles. The number of allylic oxidation sites excluding steroid dienone is 2. The molecule has 1 fully saturated rings. The van der Waals surface area contributed by atoms with Gasteiger partial charge in [-0.25, -0.2) is 4.72 Å². The van der Waals surface area contributed by atoms with Crippen LogP contribution in [0.1, 0.15) is 15.9 Å². The smallest absolute Gasteiger partial charge is 0.267 e. The topological polar surface area (TPSA) is 68.4 Å². The Labute approximate surface area is 152 Å². The molecule has 1 aliphatic carbocycles. The normalized spacial score (nSPS) is 22.3. The Morgan fingerprint density at radius 2 is 2.22 bits per heavy atom. The third kappa shape index (κ3) is 4.94. The average molecular weight is 386 g/mol. The highest BCUT2D eigenvalue weighted by atomic mass is 32.3. The highest BCUT2D eigenvalue weighted by Crippen LogP contribution is 2.32. The van der Waals surface area contributed by atoms with Gasteiger partial charge in [-0.1, -0.05) is 33.7 Å². The summed E-state index contributed by atoms with van der Waals surface area (Å²) in [7, 11) is 0. The van der Waals surface area contributed by atoms with Crippen LogP contribution in [-0.4, -0.2) is 15.8 Å². The highest BCUT2D eigenvalue weighted by Gasteiger charge is 2.22. The minimum Gasteiger partial charge on any atom is -0.268 e. The largest absolute Gasteiger partial charge is 0.268 e. The van der Waals surface area contributed by atoms with E-state index in [0.29, 0.717) is 5.56 Å². The van der Waals surface area contributed by atoms with Crippen molar-refractivity contribution in [1.82, 2.24) is 22.2 Å². The van der Waals surface area contributed by atoms with Crippen LogP contribution in [0.2, 0.25) is 0 Å². The number of carbonyl (C=O) groups is 1. The predicted molar refractivity (Wildman–Crippen MR) is 101 cm³/mol. The van der Waals surface area contributed by atoms with Crippen LogP contribution in [0, 0.1) is 6.92 Å². The number of aryl methyl sites for hydroxylation is 1. The van der Waals surface area contributed by atoms with E-state index in [1.807, 2.05) is 37.3 Å². The molecule has 4 N–H and O–H groups in total. The minimum atomic E-state index is -0.143. The molecule has 1 amide bonds. The molecule has 1 unspecified atom stereocenters. The fraction of sp³-hybridized carbons (Fsp3) is 0.154. The van der Waals surface area contributed by atoms with Gasteiger partial charge in [-0.2, -0.15) is 8.25 Å². The van der Waals surface area contributed by atoms with Crippen molar-refractivity contribution in [2.24, 2.45) is 0 Å². The molecule has 6 nitrogen and oxygen atoms in total. The van der Waals surface area contributed by atoms with Gasteiger partial charge < -0.3 is 0 Å². The standard InChI is InChI=1S/C13H15N5OS4/c1-9-4-2-5-10(8-9)13(19)14-18-20-12-7-3-6-11(12)15-21-16-22-17-23-18/h2-8,11,15-17H,1H3,(H,14,19). The summed E-state index contributed by atoms with van der Waals surface area (Å²) in [6.07, 6.45) is 6.11. The van der Waals surface area contributed by atoms with Gasteiger partial charge in [0.1, 0.15) is 0 Å². The predicted octanol–water partition coefficient (Wildman–Crippen LogP) is 2.88. The maximum atomic E-state index is 12.4. The second-order valence-electron chi connectivity index (χ2n) is 4.67. The van der Waals surface area contributed by atoms with Crippen LogP contribution in [0.25, 0.3) is 0 Å². The molecule has 10 heteroatoms. The van der Waals surface area contributed by atoms with E-state index in [-0.39, 0.29) is 11.9 Å². The number of amides is 1. The molecular formula is C13H15N5OS4. The number of fused-ring (bicyclic) bond motifs is 1. The summed E-state index contributed by atoms with van der Waals surface area (Å²) >= 11 is 5.52. The molecule has 0 saturated carbocycles. The van der Waals surface area contributed by atoms with Gasteiger partial charge in [0.15, 0.2) is 0 Å². The van der Waals surface area contributed by atoms with Gasteiger partial charge in [0.2, 0.25) is 0 Å².